The van der Waals surface area contributed by atoms with Gasteiger partial charge < -0.3 is 24.1 Å². The number of hydrogen-bond acceptors (Lipinski definition) is 8. The van der Waals surface area contributed by atoms with Crippen LogP contribution in [0, 0.1) is 5.92 Å². The van der Waals surface area contributed by atoms with Crippen molar-refractivity contribution in [1.82, 2.24) is 4.90 Å². The average molecular weight is 550 g/mol. The summed E-state index contributed by atoms with van der Waals surface area (Å²) in [7, 11) is 0. The van der Waals surface area contributed by atoms with Crippen LogP contribution >= 0.6 is 0 Å². The number of aliphatic hydroxyl groups is 1. The lowest BCUT2D eigenvalue weighted by Gasteiger charge is -2.31. The number of benzene rings is 2. The summed E-state index contributed by atoms with van der Waals surface area (Å²) >= 11 is 0. The molecule has 0 aliphatic carbocycles. The Bertz CT molecular complexity index is 1180. The highest BCUT2D eigenvalue weighted by Gasteiger charge is 2.45. The quantitative estimate of drug-likeness (QED) is 0.358. The molecule has 0 radical (unpaired) electrons. The maximum absolute atomic E-state index is 14.0. The van der Waals surface area contributed by atoms with Gasteiger partial charge in [0.15, 0.2) is 11.9 Å². The summed E-state index contributed by atoms with van der Waals surface area (Å²) < 4.78 is 22.0. The summed E-state index contributed by atoms with van der Waals surface area (Å²) in [5.41, 5.74) is 1.82. The Labute approximate surface area is 234 Å². The largest absolute Gasteiger partial charge is 0.482 e. The molecule has 2 aliphatic rings. The monoisotopic (exact) mass is 549 g/mol. The molecule has 0 bridgehead atoms. The second kappa shape index (κ2) is 15.1. The van der Waals surface area contributed by atoms with Crippen LogP contribution in [0.2, 0.25) is 0 Å². The summed E-state index contributed by atoms with van der Waals surface area (Å²) in [5.74, 6) is -1.31. The van der Waals surface area contributed by atoms with Crippen molar-refractivity contribution in [3.8, 4) is 0 Å². The minimum atomic E-state index is -1.09. The minimum Gasteiger partial charge on any atom is -0.482 e. The van der Waals surface area contributed by atoms with Crippen LogP contribution in [0.4, 0.5) is 4.79 Å². The zero-order chi connectivity index (χ0) is 28.2. The van der Waals surface area contributed by atoms with Crippen LogP contribution in [0.5, 0.6) is 0 Å². The van der Waals surface area contributed by atoms with E-state index in [9.17, 15) is 14.4 Å². The van der Waals surface area contributed by atoms with Gasteiger partial charge in [-0.05, 0) is 48.6 Å². The third kappa shape index (κ3) is 8.11. The molecule has 2 aromatic rings. The summed E-state index contributed by atoms with van der Waals surface area (Å²) in [4.78, 5) is 41.0. The van der Waals surface area contributed by atoms with E-state index in [0.717, 1.165) is 16.0 Å². The van der Waals surface area contributed by atoms with Crippen LogP contribution in [0.1, 0.15) is 17.5 Å². The third-order valence-electron chi connectivity index (χ3n) is 6.66. The predicted octanol–water partition coefficient (Wildman–Crippen LogP) is 3.26. The lowest BCUT2D eigenvalue weighted by atomic mass is 9.88. The van der Waals surface area contributed by atoms with Crippen molar-refractivity contribution >= 4 is 17.8 Å². The molecule has 9 heteroatoms. The number of rotatable bonds is 14. The van der Waals surface area contributed by atoms with Crippen molar-refractivity contribution in [3.63, 3.8) is 0 Å². The molecule has 212 valence electrons. The van der Waals surface area contributed by atoms with Gasteiger partial charge in [-0.2, -0.15) is 0 Å². The molecule has 2 heterocycles. The summed E-state index contributed by atoms with van der Waals surface area (Å²) in [5, 5.41) is 8.73. The Morgan fingerprint density at radius 2 is 1.62 bits per heavy atom. The maximum atomic E-state index is 14.0. The summed E-state index contributed by atoms with van der Waals surface area (Å²) in [6.45, 7) is 1.52. The normalized spacial score (nSPS) is 20.4. The third-order valence-corrected chi connectivity index (χ3v) is 6.66. The fourth-order valence-electron chi connectivity index (χ4n) is 4.71. The molecule has 3 atom stereocenters. The lowest BCUT2D eigenvalue weighted by Crippen LogP contribution is -2.49. The van der Waals surface area contributed by atoms with Gasteiger partial charge in [-0.25, -0.2) is 9.69 Å². The second-order valence-electron chi connectivity index (χ2n) is 9.54. The van der Waals surface area contributed by atoms with Crippen LogP contribution in [0.25, 0.3) is 0 Å². The average Bonchev–Trinajstić information content (AvgIpc) is 3.34. The SMILES string of the molecule is O=C1C=CC(=CCCOCCOCCO)OC1C(Cc1ccccc1)C(=O)N1C(=O)OCC1Cc1ccccc1. The number of allylic oxidation sites excluding steroid dienone is 1. The van der Waals surface area contributed by atoms with E-state index < -0.39 is 30.1 Å². The smallest absolute Gasteiger partial charge is 0.416 e. The molecule has 4 rings (SSSR count). The molecule has 1 saturated heterocycles. The van der Waals surface area contributed by atoms with Crippen molar-refractivity contribution in [2.24, 2.45) is 5.92 Å². The van der Waals surface area contributed by atoms with E-state index in [1.54, 1.807) is 12.2 Å². The summed E-state index contributed by atoms with van der Waals surface area (Å²) in [6, 6.07) is 18.5. The number of nitrogens with zero attached hydrogens (tertiary/aromatic N) is 1. The van der Waals surface area contributed by atoms with Crippen molar-refractivity contribution in [1.29, 1.82) is 0 Å². The molecule has 9 nitrogen and oxygen atoms in total. The topological polar surface area (TPSA) is 112 Å². The summed E-state index contributed by atoms with van der Waals surface area (Å²) in [6.07, 6.45) is 4.18. The molecule has 0 spiro atoms. The van der Waals surface area contributed by atoms with Crippen LogP contribution in [0.3, 0.4) is 0 Å². The molecular weight excluding hydrogens is 514 g/mol. The number of amides is 2. The van der Waals surface area contributed by atoms with Crippen molar-refractivity contribution in [2.75, 3.05) is 39.6 Å². The molecule has 2 amide bonds. The number of carbonyl (C=O) groups is 3. The van der Waals surface area contributed by atoms with Gasteiger partial charge in [-0.15, -0.1) is 0 Å². The highest BCUT2D eigenvalue weighted by molar-refractivity contribution is 6.02. The fraction of sp³-hybridized carbons (Fsp3) is 0.387. The standard InChI is InChI=1S/C31H35NO8/c33-15-17-38-19-18-37-16-7-12-26-13-14-28(34)29(40-26)27(21-24-10-5-2-6-11-24)30(35)32-25(22-39-31(32)36)20-23-8-3-1-4-9-23/h1-6,8-14,25,27,29,33H,7,15-22H2. The first-order valence-electron chi connectivity index (χ1n) is 13.5. The van der Waals surface area contributed by atoms with Gasteiger partial charge in [0.1, 0.15) is 12.4 Å². The zero-order valence-corrected chi connectivity index (χ0v) is 22.4. The molecular formula is C31H35NO8. The number of ether oxygens (including phenoxy) is 4. The van der Waals surface area contributed by atoms with Gasteiger partial charge in [0.25, 0.3) is 0 Å². The van der Waals surface area contributed by atoms with Crippen molar-refractivity contribution in [2.45, 2.75) is 31.4 Å². The first kappa shape index (κ1) is 29.2. The number of imide groups is 1. The minimum absolute atomic E-state index is 0.0317. The van der Waals surface area contributed by atoms with E-state index in [2.05, 4.69) is 0 Å². The molecule has 1 fully saturated rings. The Morgan fingerprint density at radius 3 is 2.33 bits per heavy atom. The predicted molar refractivity (Wildman–Crippen MR) is 146 cm³/mol. The van der Waals surface area contributed by atoms with Gasteiger partial charge in [-0.3, -0.25) is 9.59 Å². The molecule has 40 heavy (non-hydrogen) atoms. The lowest BCUT2D eigenvalue weighted by molar-refractivity contribution is -0.143. The van der Waals surface area contributed by atoms with E-state index in [1.807, 2.05) is 60.7 Å². The molecule has 1 N–H and O–H groups in total. The maximum Gasteiger partial charge on any atom is 0.416 e. The van der Waals surface area contributed by atoms with E-state index in [1.165, 1.54) is 6.08 Å². The number of hydrogen-bond donors (Lipinski definition) is 1. The van der Waals surface area contributed by atoms with E-state index >= 15 is 0 Å². The Kier molecular flexibility index (Phi) is 11.0. The Morgan fingerprint density at radius 1 is 0.950 bits per heavy atom. The number of carbonyl (C=O) groups excluding carboxylic acids is 3. The van der Waals surface area contributed by atoms with Crippen LogP contribution in [-0.4, -0.2) is 79.6 Å². The Hall–Kier alpha value is -3.79. The van der Waals surface area contributed by atoms with Gasteiger partial charge in [0.05, 0.1) is 45.0 Å². The van der Waals surface area contributed by atoms with Gasteiger partial charge in [-0.1, -0.05) is 60.7 Å². The first-order valence-corrected chi connectivity index (χ1v) is 13.5. The highest BCUT2D eigenvalue weighted by atomic mass is 16.6. The number of aliphatic hydroxyl groups excluding tert-OH is 1. The van der Waals surface area contributed by atoms with Gasteiger partial charge in [0.2, 0.25) is 5.91 Å². The number of ketones is 1. The first-order chi connectivity index (χ1) is 19.6. The fourth-order valence-corrected chi connectivity index (χ4v) is 4.71. The van der Waals surface area contributed by atoms with Crippen LogP contribution < -0.4 is 0 Å². The second-order valence-corrected chi connectivity index (χ2v) is 9.54. The molecule has 3 unspecified atom stereocenters. The van der Waals surface area contributed by atoms with Gasteiger partial charge >= 0.3 is 6.09 Å². The van der Waals surface area contributed by atoms with E-state index in [0.29, 0.717) is 38.4 Å². The molecule has 2 aromatic carbocycles. The number of cyclic esters (lactones) is 1. The van der Waals surface area contributed by atoms with Crippen LogP contribution in [-0.2, 0) is 41.4 Å². The Balaban J connectivity index is 1.48. The van der Waals surface area contributed by atoms with E-state index in [-0.39, 0.29) is 32.0 Å². The molecule has 2 aliphatic heterocycles. The van der Waals surface area contributed by atoms with E-state index in [4.69, 9.17) is 24.1 Å². The van der Waals surface area contributed by atoms with Crippen molar-refractivity contribution < 1.29 is 38.4 Å². The molecule has 0 saturated carbocycles. The highest BCUT2D eigenvalue weighted by Crippen LogP contribution is 2.28. The van der Waals surface area contributed by atoms with Gasteiger partial charge in [0, 0.05) is 0 Å². The molecule has 0 aromatic heterocycles. The van der Waals surface area contributed by atoms with Crippen LogP contribution in [0.15, 0.2) is 84.7 Å². The van der Waals surface area contributed by atoms with Crippen molar-refractivity contribution in [3.05, 3.63) is 95.8 Å². The zero-order valence-electron chi connectivity index (χ0n) is 22.4.